The molecule has 6 nitrogen and oxygen atoms in total. The van der Waals surface area contributed by atoms with Gasteiger partial charge in [0.1, 0.15) is 0 Å². The number of aliphatic hydroxyl groups excluding tert-OH is 2. The van der Waals surface area contributed by atoms with E-state index in [-0.39, 0.29) is 18.5 Å². The Labute approximate surface area is 404 Å². The van der Waals surface area contributed by atoms with Gasteiger partial charge in [0.15, 0.2) is 0 Å². The molecule has 65 heavy (non-hydrogen) atoms. The number of carbonyl (C=O) groups excluding carboxylic acids is 2. The summed E-state index contributed by atoms with van der Waals surface area (Å²) in [5.74, 6) is -0.0546. The maximum Gasteiger partial charge on any atom is 0.305 e. The van der Waals surface area contributed by atoms with Gasteiger partial charge in [-0.2, -0.15) is 0 Å². The zero-order valence-corrected chi connectivity index (χ0v) is 43.5. The molecular weight excluding hydrogens is 803 g/mol. The minimum atomic E-state index is -0.673. The fraction of sp³-hybridized carbons (Fsp3) is 0.864. The van der Waals surface area contributed by atoms with Crippen LogP contribution in [0.3, 0.4) is 0 Å². The summed E-state index contributed by atoms with van der Waals surface area (Å²) in [6, 6.07) is -0.551. The number of ether oxygens (including phenoxy) is 1. The first-order valence-electron chi connectivity index (χ1n) is 28.7. The molecule has 0 saturated heterocycles. The van der Waals surface area contributed by atoms with E-state index in [9.17, 15) is 19.8 Å². The normalized spacial score (nSPS) is 12.9. The average molecular weight is 915 g/mol. The summed E-state index contributed by atoms with van der Waals surface area (Å²) in [5.41, 5.74) is 0. The van der Waals surface area contributed by atoms with Crippen LogP contribution in [0.15, 0.2) is 36.5 Å². The fourth-order valence-corrected chi connectivity index (χ4v) is 8.72. The Bertz CT molecular complexity index is 1060. The highest BCUT2D eigenvalue weighted by Gasteiger charge is 2.20. The zero-order valence-electron chi connectivity index (χ0n) is 43.5. The van der Waals surface area contributed by atoms with Crippen LogP contribution < -0.4 is 5.32 Å². The van der Waals surface area contributed by atoms with Crippen LogP contribution >= 0.6 is 0 Å². The number of unbranched alkanes of at least 4 members (excludes halogenated alkanes) is 36. The molecule has 0 saturated carbocycles. The van der Waals surface area contributed by atoms with Crippen LogP contribution in [-0.4, -0.2) is 47.4 Å². The maximum atomic E-state index is 12.4. The molecule has 0 aromatic rings. The van der Waals surface area contributed by atoms with Crippen LogP contribution in [0, 0.1) is 0 Å². The van der Waals surface area contributed by atoms with E-state index in [4.69, 9.17) is 4.74 Å². The molecule has 0 aliphatic rings. The third-order valence-corrected chi connectivity index (χ3v) is 13.2. The topological polar surface area (TPSA) is 95.9 Å². The summed E-state index contributed by atoms with van der Waals surface area (Å²) in [6.45, 7) is 4.91. The molecule has 6 heteroatoms. The molecule has 2 atom stereocenters. The SMILES string of the molecule is CCCCC/C=C\C/C=C\CCCCCCCCCC(=O)OCCCCCCCCCCC/C=C\CCCCCCCC(=O)NC(CO)C(O)CCCCCCCCCCCCCCC. The highest BCUT2D eigenvalue weighted by Crippen LogP contribution is 2.16. The van der Waals surface area contributed by atoms with Crippen LogP contribution in [0.2, 0.25) is 0 Å². The molecule has 0 heterocycles. The van der Waals surface area contributed by atoms with Gasteiger partial charge in [0.2, 0.25) is 5.91 Å². The van der Waals surface area contributed by atoms with Gasteiger partial charge in [-0.25, -0.2) is 0 Å². The molecule has 0 aliphatic heterocycles. The second kappa shape index (κ2) is 54.7. The van der Waals surface area contributed by atoms with Crippen LogP contribution in [0.4, 0.5) is 0 Å². The van der Waals surface area contributed by atoms with Crippen LogP contribution in [0.5, 0.6) is 0 Å². The lowest BCUT2D eigenvalue weighted by Crippen LogP contribution is -2.45. The Morgan fingerprint density at radius 2 is 0.769 bits per heavy atom. The highest BCUT2D eigenvalue weighted by molar-refractivity contribution is 5.76. The number of carbonyl (C=O) groups is 2. The minimum Gasteiger partial charge on any atom is -0.466 e. The van der Waals surface area contributed by atoms with Gasteiger partial charge in [-0.15, -0.1) is 0 Å². The number of amides is 1. The number of rotatable bonds is 53. The number of hydrogen-bond donors (Lipinski definition) is 3. The first-order chi connectivity index (χ1) is 32.0. The number of allylic oxidation sites excluding steroid dienone is 6. The summed E-state index contributed by atoms with van der Waals surface area (Å²) < 4.78 is 5.48. The summed E-state index contributed by atoms with van der Waals surface area (Å²) in [5, 5.41) is 23.2. The van der Waals surface area contributed by atoms with Gasteiger partial charge >= 0.3 is 5.97 Å². The van der Waals surface area contributed by atoms with E-state index in [1.807, 2.05) is 0 Å². The second-order valence-corrected chi connectivity index (χ2v) is 19.6. The molecule has 0 bridgehead atoms. The fourth-order valence-electron chi connectivity index (χ4n) is 8.72. The first-order valence-corrected chi connectivity index (χ1v) is 28.7. The van der Waals surface area contributed by atoms with E-state index in [2.05, 4.69) is 55.6 Å². The number of nitrogens with one attached hydrogen (secondary N) is 1. The van der Waals surface area contributed by atoms with E-state index in [0.717, 1.165) is 64.2 Å². The number of aliphatic hydroxyl groups is 2. The first kappa shape index (κ1) is 63.1. The maximum absolute atomic E-state index is 12.4. The molecular formula is C59H111NO5. The second-order valence-electron chi connectivity index (χ2n) is 19.6. The summed E-state index contributed by atoms with van der Waals surface area (Å²) >= 11 is 0. The van der Waals surface area contributed by atoms with Gasteiger partial charge < -0.3 is 20.3 Å². The van der Waals surface area contributed by atoms with Crippen molar-refractivity contribution in [3.63, 3.8) is 0 Å². The van der Waals surface area contributed by atoms with E-state index in [0.29, 0.717) is 25.9 Å². The van der Waals surface area contributed by atoms with E-state index in [1.54, 1.807) is 0 Å². The summed E-state index contributed by atoms with van der Waals surface area (Å²) in [6.07, 6.45) is 67.0. The average Bonchev–Trinajstić information content (AvgIpc) is 3.31. The van der Waals surface area contributed by atoms with E-state index < -0.39 is 12.1 Å². The molecule has 382 valence electrons. The van der Waals surface area contributed by atoms with Gasteiger partial charge in [0.05, 0.1) is 25.4 Å². The lowest BCUT2D eigenvalue weighted by Gasteiger charge is -2.22. The molecule has 0 aromatic carbocycles. The molecule has 0 rings (SSSR count). The van der Waals surface area contributed by atoms with Crippen molar-refractivity contribution >= 4 is 11.9 Å². The predicted molar refractivity (Wildman–Crippen MR) is 283 cm³/mol. The van der Waals surface area contributed by atoms with E-state index in [1.165, 1.54) is 205 Å². The standard InChI is InChI=1S/C59H111NO5/c1-3-5-7-9-11-13-15-17-18-21-25-29-33-37-41-45-49-53-59(64)65-54-50-46-42-38-34-30-26-23-20-19-22-24-28-32-36-40-44-48-52-58(63)60-56(55-61)57(62)51-47-43-39-35-31-27-16-14-12-10-8-6-4-2/h11,13,17-18,22,24,56-57,61-62H,3-10,12,14-16,19-21,23,25-55H2,1-2H3,(H,60,63)/b13-11-,18-17-,24-22-. The highest BCUT2D eigenvalue weighted by atomic mass is 16.5. The van der Waals surface area contributed by atoms with Crippen molar-refractivity contribution in [2.45, 2.75) is 315 Å². The van der Waals surface area contributed by atoms with Crippen LogP contribution in [0.25, 0.3) is 0 Å². The van der Waals surface area contributed by atoms with Crippen LogP contribution in [0.1, 0.15) is 303 Å². The van der Waals surface area contributed by atoms with Gasteiger partial charge in [0.25, 0.3) is 0 Å². The van der Waals surface area contributed by atoms with Crippen molar-refractivity contribution < 1.29 is 24.5 Å². The van der Waals surface area contributed by atoms with Crippen molar-refractivity contribution in [2.75, 3.05) is 13.2 Å². The van der Waals surface area contributed by atoms with Gasteiger partial charge in [0, 0.05) is 12.8 Å². The number of hydrogen-bond acceptors (Lipinski definition) is 5. The summed E-state index contributed by atoms with van der Waals surface area (Å²) in [4.78, 5) is 24.5. The van der Waals surface area contributed by atoms with E-state index >= 15 is 0 Å². The lowest BCUT2D eigenvalue weighted by atomic mass is 10.0. The Kier molecular flexibility index (Phi) is 53.1. The molecule has 0 radical (unpaired) electrons. The van der Waals surface area contributed by atoms with Crippen molar-refractivity contribution in [1.82, 2.24) is 5.32 Å². The quantitative estimate of drug-likeness (QED) is 0.0321. The Morgan fingerprint density at radius 1 is 0.431 bits per heavy atom. The Morgan fingerprint density at radius 3 is 1.22 bits per heavy atom. The molecule has 0 spiro atoms. The molecule has 0 fully saturated rings. The molecule has 0 aliphatic carbocycles. The minimum absolute atomic E-state index is 0.00497. The largest absolute Gasteiger partial charge is 0.466 e. The van der Waals surface area contributed by atoms with Crippen molar-refractivity contribution in [1.29, 1.82) is 0 Å². The zero-order chi connectivity index (χ0) is 47.2. The van der Waals surface area contributed by atoms with Gasteiger partial charge in [-0.05, 0) is 83.5 Å². The van der Waals surface area contributed by atoms with Crippen LogP contribution in [-0.2, 0) is 14.3 Å². The molecule has 3 N–H and O–H groups in total. The predicted octanol–water partition coefficient (Wildman–Crippen LogP) is 17.6. The monoisotopic (exact) mass is 914 g/mol. The number of esters is 1. The third-order valence-electron chi connectivity index (χ3n) is 13.2. The smallest absolute Gasteiger partial charge is 0.305 e. The van der Waals surface area contributed by atoms with Crippen molar-refractivity contribution in [3.05, 3.63) is 36.5 Å². The Hall–Kier alpha value is -1.92. The van der Waals surface area contributed by atoms with Gasteiger partial charge in [-0.3, -0.25) is 9.59 Å². The molecule has 0 aromatic heterocycles. The lowest BCUT2D eigenvalue weighted by molar-refractivity contribution is -0.143. The molecule has 2 unspecified atom stereocenters. The van der Waals surface area contributed by atoms with Crippen molar-refractivity contribution in [2.24, 2.45) is 0 Å². The third kappa shape index (κ3) is 51.3. The van der Waals surface area contributed by atoms with Gasteiger partial charge in [-0.1, -0.05) is 243 Å². The molecule has 1 amide bonds. The Balaban J connectivity index is 3.44. The van der Waals surface area contributed by atoms with Crippen molar-refractivity contribution in [3.8, 4) is 0 Å². The summed E-state index contributed by atoms with van der Waals surface area (Å²) in [7, 11) is 0.